The zero-order valence-electron chi connectivity index (χ0n) is 13.9. The summed E-state index contributed by atoms with van der Waals surface area (Å²) in [5.41, 5.74) is -6.28. The number of ether oxygens (including phenoxy) is 1. The van der Waals surface area contributed by atoms with E-state index in [0.717, 1.165) is 6.07 Å². The Morgan fingerprint density at radius 1 is 1.04 bits per heavy atom. The highest BCUT2D eigenvalue weighted by Crippen LogP contribution is 2.44. The van der Waals surface area contributed by atoms with E-state index < -0.39 is 41.6 Å². The summed E-state index contributed by atoms with van der Waals surface area (Å²) in [5, 5.41) is 10.8. The maximum Gasteiger partial charge on any atom is 0.432 e. The molecule has 0 fully saturated rings. The lowest BCUT2D eigenvalue weighted by molar-refractivity contribution is -0.269. The van der Waals surface area contributed by atoms with Crippen molar-refractivity contribution in [1.29, 1.82) is 0 Å². The Morgan fingerprint density at radius 3 is 2.33 bits per heavy atom. The number of carbonyl (C=O) groups is 1. The van der Waals surface area contributed by atoms with Gasteiger partial charge in [0.05, 0.1) is 12.2 Å². The molecule has 3 nitrogen and oxygen atoms in total. The van der Waals surface area contributed by atoms with E-state index in [1.54, 1.807) is 24.3 Å². The molecule has 0 aromatic heterocycles. The molecule has 142 valence electrons. The Bertz CT molecular complexity index is 1040. The fraction of sp³-hybridized carbons (Fsp3) is 0.211. The fourth-order valence-electron chi connectivity index (χ4n) is 3.01. The van der Waals surface area contributed by atoms with Crippen molar-refractivity contribution in [2.24, 2.45) is 0 Å². The summed E-state index contributed by atoms with van der Waals surface area (Å²) in [6.45, 7) is 0.687. The van der Waals surface area contributed by atoms with E-state index in [1.807, 2.05) is 0 Å². The highest BCUT2D eigenvalue weighted by molar-refractivity contribution is 6.08. The average Bonchev–Trinajstić information content (AvgIpc) is 2.60. The third-order valence-electron chi connectivity index (χ3n) is 4.28. The van der Waals surface area contributed by atoms with Crippen LogP contribution in [0.4, 0.5) is 22.0 Å². The Hall–Kier alpha value is -2.74. The molecule has 8 heteroatoms. The SMILES string of the molecule is CCOC(=O)C(O)(c1c(F)cc2c(ccc3ccccc32)c1F)C(F)(F)F. The molecule has 27 heavy (non-hydrogen) atoms. The average molecular weight is 384 g/mol. The van der Waals surface area contributed by atoms with Gasteiger partial charge in [-0.2, -0.15) is 13.2 Å². The molecule has 1 atom stereocenters. The van der Waals surface area contributed by atoms with Crippen LogP contribution in [0.1, 0.15) is 12.5 Å². The number of hydrogen-bond acceptors (Lipinski definition) is 3. The summed E-state index contributed by atoms with van der Waals surface area (Å²) in [6, 6.07) is 9.80. The molecule has 1 N–H and O–H groups in total. The van der Waals surface area contributed by atoms with Crippen molar-refractivity contribution in [2.75, 3.05) is 6.61 Å². The summed E-state index contributed by atoms with van der Waals surface area (Å²) < 4.78 is 74.3. The van der Waals surface area contributed by atoms with Gasteiger partial charge in [0.25, 0.3) is 5.60 Å². The third kappa shape index (κ3) is 2.80. The van der Waals surface area contributed by atoms with Gasteiger partial charge in [0.1, 0.15) is 11.6 Å². The molecule has 0 saturated heterocycles. The Labute approximate surface area is 150 Å². The van der Waals surface area contributed by atoms with Crippen molar-refractivity contribution in [3.63, 3.8) is 0 Å². The van der Waals surface area contributed by atoms with Crippen molar-refractivity contribution >= 4 is 27.5 Å². The van der Waals surface area contributed by atoms with Gasteiger partial charge in [-0.25, -0.2) is 13.6 Å². The van der Waals surface area contributed by atoms with Crippen LogP contribution in [0, 0.1) is 11.6 Å². The lowest BCUT2D eigenvalue weighted by atomic mass is 9.88. The summed E-state index contributed by atoms with van der Waals surface area (Å²) >= 11 is 0. The second-order valence-electron chi connectivity index (χ2n) is 5.86. The van der Waals surface area contributed by atoms with E-state index in [0.29, 0.717) is 16.8 Å². The lowest BCUT2D eigenvalue weighted by Crippen LogP contribution is -2.51. The van der Waals surface area contributed by atoms with Crippen LogP contribution < -0.4 is 0 Å². The molecule has 0 saturated carbocycles. The molecular weight excluding hydrogens is 371 g/mol. The van der Waals surface area contributed by atoms with Crippen LogP contribution in [0.25, 0.3) is 21.5 Å². The standard InChI is InChI=1S/C19H13F5O3/c1-2-27-17(25)18(26,19(22,23)24)15-14(20)9-13-11-6-4-3-5-10(11)7-8-12(13)16(15)21/h3-9,26H,2H2,1H3. The predicted octanol–water partition coefficient (Wildman–Crippen LogP) is 4.58. The first-order valence-electron chi connectivity index (χ1n) is 7.89. The first kappa shape index (κ1) is 19.0. The van der Waals surface area contributed by atoms with Crippen molar-refractivity contribution in [3.8, 4) is 0 Å². The Morgan fingerprint density at radius 2 is 1.70 bits per heavy atom. The van der Waals surface area contributed by atoms with Crippen molar-refractivity contribution < 1.29 is 36.6 Å². The largest absolute Gasteiger partial charge is 0.463 e. The zero-order chi connectivity index (χ0) is 20.0. The number of aliphatic hydroxyl groups is 1. The molecule has 0 aliphatic rings. The summed E-state index contributed by atoms with van der Waals surface area (Å²) in [6.07, 6.45) is -5.70. The molecule has 0 radical (unpaired) electrons. The highest BCUT2D eigenvalue weighted by Gasteiger charge is 2.64. The van der Waals surface area contributed by atoms with Gasteiger partial charge in [0, 0.05) is 5.39 Å². The molecule has 3 aromatic carbocycles. The van der Waals surface area contributed by atoms with Gasteiger partial charge >= 0.3 is 12.1 Å². The van der Waals surface area contributed by atoms with Gasteiger partial charge in [-0.15, -0.1) is 0 Å². The third-order valence-corrected chi connectivity index (χ3v) is 4.28. The zero-order valence-corrected chi connectivity index (χ0v) is 13.9. The summed E-state index contributed by atoms with van der Waals surface area (Å²) in [4.78, 5) is 11.8. The van der Waals surface area contributed by atoms with Crippen molar-refractivity contribution in [1.82, 2.24) is 0 Å². The number of hydrogen-bond donors (Lipinski definition) is 1. The molecule has 0 aliphatic carbocycles. The normalized spacial score (nSPS) is 14.3. The van der Waals surface area contributed by atoms with Gasteiger partial charge in [-0.3, -0.25) is 0 Å². The highest BCUT2D eigenvalue weighted by atomic mass is 19.4. The van der Waals surface area contributed by atoms with Gasteiger partial charge in [0.2, 0.25) is 0 Å². The van der Waals surface area contributed by atoms with Crippen LogP contribution >= 0.6 is 0 Å². The molecule has 3 aromatic rings. The summed E-state index contributed by atoms with van der Waals surface area (Å²) in [5.74, 6) is -5.58. The predicted molar refractivity (Wildman–Crippen MR) is 88.0 cm³/mol. The minimum absolute atomic E-state index is 0.0141. The maximum atomic E-state index is 15.0. The quantitative estimate of drug-likeness (QED) is 0.408. The molecule has 0 bridgehead atoms. The van der Waals surface area contributed by atoms with Crippen molar-refractivity contribution in [2.45, 2.75) is 18.7 Å². The number of esters is 1. The van der Waals surface area contributed by atoms with Gasteiger partial charge in [-0.1, -0.05) is 36.4 Å². The Balaban J connectivity index is 2.40. The first-order valence-corrected chi connectivity index (χ1v) is 7.89. The monoisotopic (exact) mass is 384 g/mol. The topological polar surface area (TPSA) is 46.5 Å². The minimum atomic E-state index is -5.70. The number of benzene rings is 3. The maximum absolute atomic E-state index is 15.0. The van der Waals surface area contributed by atoms with Gasteiger partial charge in [0.15, 0.2) is 0 Å². The van der Waals surface area contributed by atoms with E-state index in [-0.39, 0.29) is 10.8 Å². The number of carbonyl (C=O) groups excluding carboxylic acids is 1. The van der Waals surface area contributed by atoms with Crippen LogP contribution in [0.5, 0.6) is 0 Å². The van der Waals surface area contributed by atoms with Crippen molar-refractivity contribution in [3.05, 3.63) is 59.7 Å². The van der Waals surface area contributed by atoms with Crippen LogP contribution in [-0.4, -0.2) is 23.9 Å². The van der Waals surface area contributed by atoms with E-state index in [2.05, 4.69) is 4.74 Å². The number of fused-ring (bicyclic) bond motifs is 3. The van der Waals surface area contributed by atoms with Crippen LogP contribution in [0.2, 0.25) is 0 Å². The van der Waals surface area contributed by atoms with E-state index in [1.165, 1.54) is 13.0 Å². The first-order chi connectivity index (χ1) is 12.6. The molecule has 1 unspecified atom stereocenters. The minimum Gasteiger partial charge on any atom is -0.463 e. The molecule has 0 spiro atoms. The van der Waals surface area contributed by atoms with Gasteiger partial charge in [-0.05, 0) is 29.1 Å². The second kappa shape index (κ2) is 6.45. The fourth-order valence-corrected chi connectivity index (χ4v) is 3.01. The second-order valence-corrected chi connectivity index (χ2v) is 5.86. The molecule has 3 rings (SSSR count). The number of rotatable bonds is 3. The smallest absolute Gasteiger partial charge is 0.432 e. The Kier molecular flexibility index (Phi) is 4.55. The molecule has 0 heterocycles. The van der Waals surface area contributed by atoms with Crippen LogP contribution in [-0.2, 0) is 15.1 Å². The summed E-state index contributed by atoms with van der Waals surface area (Å²) in [7, 11) is 0. The van der Waals surface area contributed by atoms with E-state index in [4.69, 9.17) is 0 Å². The lowest BCUT2D eigenvalue weighted by Gasteiger charge is -2.29. The molecule has 0 aliphatic heterocycles. The number of halogens is 5. The van der Waals surface area contributed by atoms with Crippen LogP contribution in [0.3, 0.4) is 0 Å². The molecule has 0 amide bonds. The van der Waals surface area contributed by atoms with E-state index >= 15 is 0 Å². The number of alkyl halides is 3. The molecular formula is C19H13F5O3. The van der Waals surface area contributed by atoms with Crippen LogP contribution in [0.15, 0.2) is 42.5 Å². The van der Waals surface area contributed by atoms with Gasteiger partial charge < -0.3 is 9.84 Å². The van der Waals surface area contributed by atoms with E-state index in [9.17, 15) is 31.9 Å².